The predicted molar refractivity (Wildman–Crippen MR) is 53.6 cm³/mol. The Balaban J connectivity index is 2.21. The molecule has 0 atom stereocenters. The minimum atomic E-state index is 0.143. The van der Waals surface area contributed by atoms with E-state index in [4.69, 9.17) is 4.42 Å². The van der Waals surface area contributed by atoms with Crippen LogP contribution in [0.15, 0.2) is 23.0 Å². The van der Waals surface area contributed by atoms with Gasteiger partial charge in [0.1, 0.15) is 0 Å². The summed E-state index contributed by atoms with van der Waals surface area (Å²) in [6.45, 7) is 6.13. The molecule has 1 heterocycles. The van der Waals surface area contributed by atoms with Crippen molar-refractivity contribution in [3.63, 3.8) is 0 Å². The summed E-state index contributed by atoms with van der Waals surface area (Å²) in [6, 6.07) is 1.97. The summed E-state index contributed by atoms with van der Waals surface area (Å²) in [5, 5.41) is 6.59. The van der Waals surface area contributed by atoms with Crippen LogP contribution in [0.2, 0.25) is 0 Å². The highest BCUT2D eigenvalue weighted by Crippen LogP contribution is 2.01. The van der Waals surface area contributed by atoms with Gasteiger partial charge in [-0.15, -0.1) is 0 Å². The summed E-state index contributed by atoms with van der Waals surface area (Å²) in [5.74, 6) is 0. The van der Waals surface area contributed by atoms with E-state index in [1.807, 2.05) is 13.1 Å². The summed E-state index contributed by atoms with van der Waals surface area (Å²) in [4.78, 5) is 0. The molecule has 0 aliphatic heterocycles. The lowest BCUT2D eigenvalue weighted by Gasteiger charge is -2.24. The molecule has 1 aromatic heterocycles. The molecular formula is C10H18N2O. The second-order valence-corrected chi connectivity index (χ2v) is 3.87. The van der Waals surface area contributed by atoms with E-state index in [2.05, 4.69) is 24.5 Å². The smallest absolute Gasteiger partial charge is 0.0947 e. The third kappa shape index (κ3) is 3.61. The van der Waals surface area contributed by atoms with Crippen LogP contribution in [0.25, 0.3) is 0 Å². The minimum Gasteiger partial charge on any atom is -0.472 e. The lowest BCUT2D eigenvalue weighted by Crippen LogP contribution is -2.45. The zero-order chi connectivity index (χ0) is 9.73. The van der Waals surface area contributed by atoms with E-state index in [0.29, 0.717) is 0 Å². The third-order valence-corrected chi connectivity index (χ3v) is 2.15. The molecule has 3 heteroatoms. The Kier molecular flexibility index (Phi) is 3.51. The van der Waals surface area contributed by atoms with Crippen LogP contribution in [-0.2, 0) is 6.54 Å². The third-order valence-electron chi connectivity index (χ3n) is 2.15. The predicted octanol–water partition coefficient (Wildman–Crippen LogP) is 1.37. The molecule has 1 aromatic rings. The highest BCUT2D eigenvalue weighted by atomic mass is 16.3. The molecular weight excluding hydrogens is 164 g/mol. The Hall–Kier alpha value is -0.800. The second-order valence-electron chi connectivity index (χ2n) is 3.87. The van der Waals surface area contributed by atoms with Crippen molar-refractivity contribution in [3.8, 4) is 0 Å². The molecule has 3 nitrogen and oxygen atoms in total. The molecule has 74 valence electrons. The first-order valence-corrected chi connectivity index (χ1v) is 4.55. The molecule has 13 heavy (non-hydrogen) atoms. The molecule has 0 saturated carbocycles. The van der Waals surface area contributed by atoms with Crippen molar-refractivity contribution in [2.75, 3.05) is 13.6 Å². The summed E-state index contributed by atoms with van der Waals surface area (Å²) in [6.07, 6.45) is 3.46. The van der Waals surface area contributed by atoms with E-state index in [1.54, 1.807) is 12.5 Å². The summed E-state index contributed by atoms with van der Waals surface area (Å²) < 4.78 is 4.97. The maximum Gasteiger partial charge on any atom is 0.0947 e. The van der Waals surface area contributed by atoms with Gasteiger partial charge in [0.15, 0.2) is 0 Å². The van der Waals surface area contributed by atoms with E-state index in [-0.39, 0.29) is 5.54 Å². The standard InChI is InChI=1S/C10H18N2O/c1-10(2,11-3)8-12-6-9-4-5-13-7-9/h4-5,7,11-12H,6,8H2,1-3H3. The van der Waals surface area contributed by atoms with Gasteiger partial charge in [-0.25, -0.2) is 0 Å². The maximum absolute atomic E-state index is 4.97. The fourth-order valence-corrected chi connectivity index (χ4v) is 1.00. The normalized spacial score (nSPS) is 11.9. The Bertz CT molecular complexity index is 229. The van der Waals surface area contributed by atoms with Crippen molar-refractivity contribution in [3.05, 3.63) is 24.2 Å². The quantitative estimate of drug-likeness (QED) is 0.722. The molecule has 0 spiro atoms. The van der Waals surface area contributed by atoms with Crippen LogP contribution in [0.5, 0.6) is 0 Å². The molecule has 0 aliphatic carbocycles. The maximum atomic E-state index is 4.97. The molecule has 0 saturated heterocycles. The van der Waals surface area contributed by atoms with E-state index >= 15 is 0 Å². The Morgan fingerprint density at radius 3 is 2.77 bits per heavy atom. The topological polar surface area (TPSA) is 37.2 Å². The lowest BCUT2D eigenvalue weighted by molar-refractivity contribution is 0.393. The van der Waals surface area contributed by atoms with Gasteiger partial charge in [0, 0.05) is 24.2 Å². The molecule has 0 amide bonds. The van der Waals surface area contributed by atoms with Crippen molar-refractivity contribution in [1.29, 1.82) is 0 Å². The first kappa shape index (κ1) is 10.3. The summed E-state index contributed by atoms with van der Waals surface area (Å²) >= 11 is 0. The minimum absolute atomic E-state index is 0.143. The van der Waals surface area contributed by atoms with E-state index < -0.39 is 0 Å². The van der Waals surface area contributed by atoms with Gasteiger partial charge in [-0.3, -0.25) is 0 Å². The average Bonchev–Trinajstić information content (AvgIpc) is 2.57. The van der Waals surface area contributed by atoms with Gasteiger partial charge in [0.05, 0.1) is 12.5 Å². The van der Waals surface area contributed by atoms with E-state index in [0.717, 1.165) is 13.1 Å². The first-order chi connectivity index (χ1) is 6.14. The highest BCUT2D eigenvalue weighted by Gasteiger charge is 2.12. The SMILES string of the molecule is CNC(C)(C)CNCc1ccoc1. The molecule has 0 fully saturated rings. The molecule has 2 N–H and O–H groups in total. The van der Waals surface area contributed by atoms with Crippen LogP contribution in [0.3, 0.4) is 0 Å². The number of likely N-dealkylation sites (N-methyl/N-ethyl adjacent to an activating group) is 1. The van der Waals surface area contributed by atoms with Crippen LogP contribution in [0.4, 0.5) is 0 Å². The number of nitrogens with one attached hydrogen (secondary N) is 2. The zero-order valence-electron chi connectivity index (χ0n) is 8.55. The van der Waals surface area contributed by atoms with Gasteiger partial charge < -0.3 is 15.1 Å². The van der Waals surface area contributed by atoms with E-state index in [9.17, 15) is 0 Å². The second kappa shape index (κ2) is 4.44. The molecule has 0 aliphatic rings. The van der Waals surface area contributed by atoms with Gasteiger partial charge in [-0.1, -0.05) is 0 Å². The van der Waals surface area contributed by atoms with Crippen LogP contribution in [0.1, 0.15) is 19.4 Å². The number of rotatable bonds is 5. The Labute approximate surface area is 79.5 Å². The molecule has 0 bridgehead atoms. The Morgan fingerprint density at radius 1 is 1.46 bits per heavy atom. The van der Waals surface area contributed by atoms with Crippen molar-refractivity contribution >= 4 is 0 Å². The van der Waals surface area contributed by atoms with Crippen LogP contribution >= 0.6 is 0 Å². The van der Waals surface area contributed by atoms with Gasteiger partial charge in [-0.2, -0.15) is 0 Å². The van der Waals surface area contributed by atoms with Gasteiger partial charge in [-0.05, 0) is 27.0 Å². The first-order valence-electron chi connectivity index (χ1n) is 4.55. The highest BCUT2D eigenvalue weighted by molar-refractivity contribution is 5.04. The molecule has 0 unspecified atom stereocenters. The zero-order valence-corrected chi connectivity index (χ0v) is 8.55. The van der Waals surface area contributed by atoms with Gasteiger partial charge in [0.25, 0.3) is 0 Å². The van der Waals surface area contributed by atoms with E-state index in [1.165, 1.54) is 5.56 Å². The van der Waals surface area contributed by atoms with Gasteiger partial charge in [0.2, 0.25) is 0 Å². The largest absolute Gasteiger partial charge is 0.472 e. The number of hydrogen-bond donors (Lipinski definition) is 2. The fraction of sp³-hybridized carbons (Fsp3) is 0.600. The number of furan rings is 1. The van der Waals surface area contributed by atoms with Crippen LogP contribution < -0.4 is 10.6 Å². The van der Waals surface area contributed by atoms with Crippen molar-refractivity contribution in [2.24, 2.45) is 0 Å². The fourth-order valence-electron chi connectivity index (χ4n) is 1.00. The van der Waals surface area contributed by atoms with Crippen molar-refractivity contribution in [2.45, 2.75) is 25.9 Å². The van der Waals surface area contributed by atoms with Crippen LogP contribution in [-0.4, -0.2) is 19.1 Å². The summed E-state index contributed by atoms with van der Waals surface area (Å²) in [7, 11) is 1.97. The molecule has 0 aromatic carbocycles. The van der Waals surface area contributed by atoms with Crippen molar-refractivity contribution < 1.29 is 4.42 Å². The Morgan fingerprint density at radius 2 is 2.23 bits per heavy atom. The average molecular weight is 182 g/mol. The van der Waals surface area contributed by atoms with Crippen LogP contribution in [0, 0.1) is 0 Å². The summed E-state index contributed by atoms with van der Waals surface area (Å²) in [5.41, 5.74) is 1.33. The molecule has 1 rings (SSSR count). The van der Waals surface area contributed by atoms with Crippen molar-refractivity contribution in [1.82, 2.24) is 10.6 Å². The van der Waals surface area contributed by atoms with Gasteiger partial charge >= 0.3 is 0 Å². The number of hydrogen-bond acceptors (Lipinski definition) is 3. The monoisotopic (exact) mass is 182 g/mol. The lowest BCUT2D eigenvalue weighted by atomic mass is 10.1. The molecule has 0 radical (unpaired) electrons.